The molecule has 0 fully saturated rings. The first-order chi connectivity index (χ1) is 8.16. The molecular weight excluding hydrogens is 236 g/mol. The molecule has 5 nitrogen and oxygen atoms in total. The number of nitrogens with two attached hydrogens (primary N) is 1. The third kappa shape index (κ3) is 2.79. The van der Waals surface area contributed by atoms with Crippen molar-refractivity contribution in [2.45, 2.75) is 6.54 Å². The van der Waals surface area contributed by atoms with E-state index in [1.807, 2.05) is 30.3 Å². The van der Waals surface area contributed by atoms with Crippen LogP contribution in [-0.2, 0) is 6.54 Å². The van der Waals surface area contributed by atoms with E-state index in [1.165, 1.54) is 0 Å². The van der Waals surface area contributed by atoms with Gasteiger partial charge in [-0.3, -0.25) is 4.79 Å². The number of aromatic nitrogens is 2. The van der Waals surface area contributed by atoms with Gasteiger partial charge in [0.1, 0.15) is 0 Å². The monoisotopic (exact) mass is 248 g/mol. The number of anilines is 1. The van der Waals surface area contributed by atoms with Crippen molar-refractivity contribution < 1.29 is 4.79 Å². The predicted molar refractivity (Wildman–Crippen MR) is 66.6 cm³/mol. The minimum Gasteiger partial charge on any atom is -0.374 e. The number of amides is 1. The van der Waals surface area contributed by atoms with Crippen molar-refractivity contribution in [3.63, 3.8) is 0 Å². The third-order valence-electron chi connectivity index (χ3n) is 2.23. The molecule has 0 bridgehead atoms. The number of nitrogens with zero attached hydrogens (tertiary/aromatic N) is 3. The summed E-state index contributed by atoms with van der Waals surface area (Å²) in [4.78, 5) is 13.5. The Labute approximate surface area is 103 Å². The van der Waals surface area contributed by atoms with Crippen molar-refractivity contribution in [1.82, 2.24) is 15.1 Å². The van der Waals surface area contributed by atoms with Crippen LogP contribution in [0, 0.1) is 0 Å². The van der Waals surface area contributed by atoms with E-state index in [9.17, 15) is 4.79 Å². The summed E-state index contributed by atoms with van der Waals surface area (Å²) in [6.45, 7) is 0.541. The third-order valence-corrected chi connectivity index (χ3v) is 2.97. The first kappa shape index (κ1) is 11.5. The number of hydrogen-bond donors (Lipinski definition) is 1. The van der Waals surface area contributed by atoms with Crippen molar-refractivity contribution >= 4 is 22.4 Å². The molecule has 0 spiro atoms. The van der Waals surface area contributed by atoms with Crippen LogP contribution in [0.1, 0.15) is 15.4 Å². The highest BCUT2D eigenvalue weighted by molar-refractivity contribution is 7.16. The minimum atomic E-state index is -0.164. The van der Waals surface area contributed by atoms with Crippen LogP contribution in [0.5, 0.6) is 0 Å². The van der Waals surface area contributed by atoms with E-state index in [-0.39, 0.29) is 5.91 Å². The normalized spacial score (nSPS) is 10.2. The molecule has 88 valence electrons. The Hall–Kier alpha value is -1.95. The Morgan fingerprint density at radius 1 is 1.35 bits per heavy atom. The first-order valence-corrected chi connectivity index (χ1v) is 5.87. The average Bonchev–Trinajstić information content (AvgIpc) is 2.76. The second-order valence-corrected chi connectivity index (χ2v) is 4.60. The SMILES string of the molecule is CN(Cc1ccccc1)C(=O)c1nnc(N)s1. The van der Waals surface area contributed by atoms with Gasteiger partial charge in [0, 0.05) is 13.6 Å². The summed E-state index contributed by atoms with van der Waals surface area (Å²) >= 11 is 1.10. The zero-order valence-corrected chi connectivity index (χ0v) is 10.1. The summed E-state index contributed by atoms with van der Waals surface area (Å²) in [6, 6.07) is 9.76. The van der Waals surface area contributed by atoms with E-state index in [0.717, 1.165) is 16.9 Å². The van der Waals surface area contributed by atoms with Gasteiger partial charge in [0.05, 0.1) is 0 Å². The minimum absolute atomic E-state index is 0.164. The van der Waals surface area contributed by atoms with Crippen molar-refractivity contribution in [2.75, 3.05) is 12.8 Å². The Bertz CT molecular complexity index is 511. The molecule has 6 heteroatoms. The Morgan fingerprint density at radius 3 is 2.65 bits per heavy atom. The molecular formula is C11H12N4OS. The lowest BCUT2D eigenvalue weighted by atomic mass is 10.2. The van der Waals surface area contributed by atoms with Gasteiger partial charge in [-0.1, -0.05) is 41.7 Å². The van der Waals surface area contributed by atoms with E-state index in [1.54, 1.807) is 11.9 Å². The summed E-state index contributed by atoms with van der Waals surface area (Å²) in [5, 5.41) is 7.98. The fourth-order valence-corrected chi connectivity index (χ4v) is 2.02. The first-order valence-electron chi connectivity index (χ1n) is 5.05. The van der Waals surface area contributed by atoms with Crippen molar-refractivity contribution in [1.29, 1.82) is 0 Å². The van der Waals surface area contributed by atoms with Crippen molar-refractivity contribution in [2.24, 2.45) is 0 Å². The molecule has 1 aromatic carbocycles. The highest BCUT2D eigenvalue weighted by Gasteiger charge is 2.16. The lowest BCUT2D eigenvalue weighted by Gasteiger charge is -2.15. The molecule has 2 aromatic rings. The number of carbonyl (C=O) groups is 1. The van der Waals surface area contributed by atoms with E-state index < -0.39 is 0 Å². The summed E-state index contributed by atoms with van der Waals surface area (Å²) in [5.41, 5.74) is 6.51. The van der Waals surface area contributed by atoms with Gasteiger partial charge in [0.15, 0.2) is 0 Å². The lowest BCUT2D eigenvalue weighted by molar-refractivity contribution is 0.0784. The fourth-order valence-electron chi connectivity index (χ4n) is 1.41. The highest BCUT2D eigenvalue weighted by Crippen LogP contribution is 2.14. The van der Waals surface area contributed by atoms with Gasteiger partial charge < -0.3 is 10.6 Å². The molecule has 1 aromatic heterocycles. The van der Waals surface area contributed by atoms with Crippen LogP contribution in [0.2, 0.25) is 0 Å². The maximum atomic E-state index is 11.9. The molecule has 0 radical (unpaired) electrons. The number of hydrogen-bond acceptors (Lipinski definition) is 5. The van der Waals surface area contributed by atoms with E-state index in [2.05, 4.69) is 10.2 Å². The lowest BCUT2D eigenvalue weighted by Crippen LogP contribution is -2.26. The van der Waals surface area contributed by atoms with Gasteiger partial charge in [-0.2, -0.15) is 0 Å². The average molecular weight is 248 g/mol. The predicted octanol–water partition coefficient (Wildman–Crippen LogP) is 1.39. The molecule has 0 aliphatic heterocycles. The van der Waals surface area contributed by atoms with Crippen LogP contribution in [0.25, 0.3) is 0 Å². The Balaban J connectivity index is 2.06. The maximum absolute atomic E-state index is 11.9. The number of benzene rings is 1. The largest absolute Gasteiger partial charge is 0.374 e. The van der Waals surface area contributed by atoms with Crippen LogP contribution in [-0.4, -0.2) is 28.1 Å². The molecule has 0 atom stereocenters. The fraction of sp³-hybridized carbons (Fsp3) is 0.182. The van der Waals surface area contributed by atoms with Crippen LogP contribution in [0.4, 0.5) is 5.13 Å². The maximum Gasteiger partial charge on any atom is 0.284 e. The van der Waals surface area contributed by atoms with Crippen LogP contribution in [0.15, 0.2) is 30.3 Å². The summed E-state index contributed by atoms with van der Waals surface area (Å²) in [6.07, 6.45) is 0. The molecule has 0 saturated carbocycles. The van der Waals surface area contributed by atoms with E-state index in [0.29, 0.717) is 16.7 Å². The Morgan fingerprint density at radius 2 is 2.06 bits per heavy atom. The van der Waals surface area contributed by atoms with Crippen LogP contribution in [0.3, 0.4) is 0 Å². The second-order valence-electron chi connectivity index (χ2n) is 3.59. The number of nitrogen functional groups attached to an aromatic ring is 1. The molecule has 0 aliphatic rings. The molecule has 2 rings (SSSR count). The van der Waals surface area contributed by atoms with Gasteiger partial charge in [-0.15, -0.1) is 10.2 Å². The summed E-state index contributed by atoms with van der Waals surface area (Å²) in [5.74, 6) is -0.164. The number of rotatable bonds is 3. The molecule has 0 aliphatic carbocycles. The van der Waals surface area contributed by atoms with Crippen molar-refractivity contribution in [3.8, 4) is 0 Å². The van der Waals surface area contributed by atoms with Crippen LogP contribution < -0.4 is 5.73 Å². The molecule has 17 heavy (non-hydrogen) atoms. The van der Waals surface area contributed by atoms with E-state index >= 15 is 0 Å². The van der Waals surface area contributed by atoms with Gasteiger partial charge in [0.25, 0.3) is 5.91 Å². The molecule has 1 amide bonds. The molecule has 0 saturated heterocycles. The highest BCUT2D eigenvalue weighted by atomic mass is 32.1. The van der Waals surface area contributed by atoms with Gasteiger partial charge in [-0.25, -0.2) is 0 Å². The van der Waals surface area contributed by atoms with Gasteiger partial charge >= 0.3 is 0 Å². The molecule has 2 N–H and O–H groups in total. The zero-order valence-electron chi connectivity index (χ0n) is 9.33. The molecule has 0 unspecified atom stereocenters. The number of carbonyl (C=O) groups excluding carboxylic acids is 1. The standard InChI is InChI=1S/C11H12N4OS/c1-15(7-8-5-3-2-4-6-8)10(16)9-13-14-11(12)17-9/h2-6H,7H2,1H3,(H2,12,14). The Kier molecular flexibility index (Phi) is 3.34. The quantitative estimate of drug-likeness (QED) is 0.891. The smallest absolute Gasteiger partial charge is 0.284 e. The van der Waals surface area contributed by atoms with Gasteiger partial charge in [-0.05, 0) is 5.56 Å². The van der Waals surface area contributed by atoms with Gasteiger partial charge in [0.2, 0.25) is 10.1 Å². The molecule has 1 heterocycles. The van der Waals surface area contributed by atoms with Crippen molar-refractivity contribution in [3.05, 3.63) is 40.9 Å². The van der Waals surface area contributed by atoms with Crippen LogP contribution >= 0.6 is 11.3 Å². The second kappa shape index (κ2) is 4.92. The summed E-state index contributed by atoms with van der Waals surface area (Å²) in [7, 11) is 1.73. The topological polar surface area (TPSA) is 72.1 Å². The van der Waals surface area contributed by atoms with E-state index in [4.69, 9.17) is 5.73 Å². The zero-order chi connectivity index (χ0) is 12.3. The summed E-state index contributed by atoms with van der Waals surface area (Å²) < 4.78 is 0.